The summed E-state index contributed by atoms with van der Waals surface area (Å²) in [5.41, 5.74) is 1.15. The van der Waals surface area contributed by atoms with Gasteiger partial charge < -0.3 is 25.1 Å². The summed E-state index contributed by atoms with van der Waals surface area (Å²) in [5.74, 6) is -2.17. The summed E-state index contributed by atoms with van der Waals surface area (Å²) in [6.45, 7) is 0.500. The largest absolute Gasteiger partial charge is 0.579 e. The molecule has 47 heavy (non-hydrogen) atoms. The van der Waals surface area contributed by atoms with Gasteiger partial charge in [-0.1, -0.05) is 56.5 Å². The van der Waals surface area contributed by atoms with Gasteiger partial charge in [0.25, 0.3) is 0 Å². The number of amides is 2. The number of hydroxylamine groups is 2. The van der Waals surface area contributed by atoms with E-state index in [1.54, 1.807) is 48.5 Å². The maximum absolute atomic E-state index is 13.3. The van der Waals surface area contributed by atoms with Crippen LogP contribution in [0.25, 0.3) is 0 Å². The van der Waals surface area contributed by atoms with Crippen LogP contribution in [0.4, 0.5) is 0 Å². The molecule has 0 saturated carbocycles. The van der Waals surface area contributed by atoms with Gasteiger partial charge in [-0.15, -0.1) is 0 Å². The van der Waals surface area contributed by atoms with Gasteiger partial charge in [0, 0.05) is 11.0 Å². The number of esters is 1. The highest BCUT2D eigenvalue weighted by Crippen LogP contribution is 2.47. The van der Waals surface area contributed by atoms with E-state index in [-0.39, 0.29) is 48.0 Å². The lowest BCUT2D eigenvalue weighted by Gasteiger charge is -2.22. The van der Waals surface area contributed by atoms with Gasteiger partial charge in [-0.3, -0.25) is 4.79 Å². The number of halogens is 1. The van der Waals surface area contributed by atoms with Crippen LogP contribution in [-0.2, 0) is 30.8 Å². The van der Waals surface area contributed by atoms with E-state index in [4.69, 9.17) is 9.47 Å². The third kappa shape index (κ3) is 9.53. The van der Waals surface area contributed by atoms with Gasteiger partial charge in [-0.2, -0.15) is 9.93 Å². The second-order valence-corrected chi connectivity index (χ2v) is 14.4. The van der Waals surface area contributed by atoms with Crippen molar-refractivity contribution in [1.82, 2.24) is 10.0 Å². The molecule has 1 saturated heterocycles. The highest BCUT2D eigenvalue weighted by molar-refractivity contribution is 9.10. The molecule has 1 heterocycles. The van der Waals surface area contributed by atoms with Crippen LogP contribution in [0.5, 0.6) is 11.5 Å². The minimum Gasteiger partial charge on any atom is -0.579 e. The number of aromatic hydroxyl groups is 1. The number of hydrogen-bond acceptors (Lipinski definition) is 11. The van der Waals surface area contributed by atoms with Crippen molar-refractivity contribution in [3.63, 3.8) is 0 Å². The van der Waals surface area contributed by atoms with Gasteiger partial charge in [0.05, 0.1) is 25.0 Å². The zero-order chi connectivity index (χ0) is 34.2. The number of nitrogens with one attached hydrogen (secondary N) is 2. The Balaban J connectivity index is 1.36. The number of sulfonamides is 1. The molecule has 1 aliphatic heterocycles. The van der Waals surface area contributed by atoms with Crippen LogP contribution < -0.4 is 14.8 Å². The number of quaternary nitrogens is 1. The lowest BCUT2D eigenvalue weighted by atomic mass is 10.0. The molecule has 0 spiro atoms. The Hall–Kier alpha value is -3.51. The van der Waals surface area contributed by atoms with Crippen LogP contribution in [0.3, 0.4) is 0 Å². The molecule has 1 fully saturated rings. The smallest absolute Gasteiger partial charge is 0.359 e. The molecule has 0 bridgehead atoms. The van der Waals surface area contributed by atoms with E-state index < -0.39 is 43.3 Å². The average Bonchev–Trinajstić information content (AvgIpc) is 3.31. The monoisotopic (exact) mass is 751 g/mol. The first-order valence-electron chi connectivity index (χ1n) is 14.5. The molecule has 252 valence electrons. The number of carbonyl (C=O) groups excluding carboxylic acids is 3. The summed E-state index contributed by atoms with van der Waals surface area (Å²) in [4.78, 5) is 37.1. The first-order chi connectivity index (χ1) is 22.3. The Morgan fingerprint density at radius 1 is 1.11 bits per heavy atom. The number of unbranched alkanes of at least 4 members (excludes halogenated alkanes) is 2. The molecule has 0 aromatic heterocycles. The van der Waals surface area contributed by atoms with E-state index in [1.165, 1.54) is 25.3 Å². The number of phenols is 1. The predicted molar refractivity (Wildman–Crippen MR) is 176 cm³/mol. The third-order valence-electron chi connectivity index (χ3n) is 7.24. The van der Waals surface area contributed by atoms with Crippen LogP contribution in [0.1, 0.15) is 52.4 Å². The van der Waals surface area contributed by atoms with Gasteiger partial charge >= 0.3 is 11.9 Å². The summed E-state index contributed by atoms with van der Waals surface area (Å²) >= 11 is 4.00. The molecule has 13 nitrogen and oxygen atoms in total. The zero-order valence-electron chi connectivity index (χ0n) is 25.3. The summed E-state index contributed by atoms with van der Waals surface area (Å²) < 4.78 is 37.7. The first kappa shape index (κ1) is 36.3. The normalized spacial score (nSPS) is 18.5. The Kier molecular flexibility index (Phi) is 12.4. The Labute approximate surface area is 284 Å². The number of benzene rings is 3. The fourth-order valence-corrected chi connectivity index (χ4v) is 7.96. The lowest BCUT2D eigenvalue weighted by molar-refractivity contribution is -0.880. The van der Waals surface area contributed by atoms with Gasteiger partial charge in [0.1, 0.15) is 40.3 Å². The van der Waals surface area contributed by atoms with Crippen molar-refractivity contribution >= 4 is 55.7 Å². The van der Waals surface area contributed by atoms with Crippen molar-refractivity contribution in [2.75, 3.05) is 20.3 Å². The molecular formula is C31H34BrN3O10S2. The lowest BCUT2D eigenvalue weighted by Crippen LogP contribution is -2.48. The van der Waals surface area contributed by atoms with E-state index in [1.807, 2.05) is 0 Å². The SMILES string of the molecule is COC(=O)c1c(O)cccc1OCCCCCNC(=O)C(Cc1ccc(C2CC(=O)[N+]([O-])(O)S2)c(Br)c1)NS(=O)(=O)c1ccccc1. The van der Waals surface area contributed by atoms with Crippen molar-refractivity contribution in [1.29, 1.82) is 0 Å². The molecule has 0 radical (unpaired) electrons. The Morgan fingerprint density at radius 2 is 1.85 bits per heavy atom. The standard InChI is InChI=1S/C31H34BrN3O10S2/c1-44-31(39)29-25(36)11-8-12-26(29)45-16-7-3-6-15-33-30(38)24(34-47(42,43)21-9-4-2-5-10-21)18-20-13-14-22(23(32)17-20)27-19-28(37)35(40,41)46-27/h2,4-5,8-14,17,24,27,34,36,40H,3,6-7,15-16,18-19H2,1H3,(H,33,38). The second-order valence-electron chi connectivity index (χ2n) is 10.6. The van der Waals surface area contributed by atoms with E-state index >= 15 is 0 Å². The predicted octanol–water partition coefficient (Wildman–Crippen LogP) is 4.52. The van der Waals surface area contributed by atoms with Gasteiger partial charge in [0.15, 0.2) is 0 Å². The molecule has 16 heteroatoms. The second kappa shape index (κ2) is 16.1. The number of methoxy groups -OCH3 is 1. The number of carbonyl (C=O) groups is 3. The highest BCUT2D eigenvalue weighted by atomic mass is 79.9. The van der Waals surface area contributed by atoms with Crippen LogP contribution in [-0.4, -0.2) is 67.0 Å². The minimum absolute atomic E-state index is 0.00238. The van der Waals surface area contributed by atoms with Crippen molar-refractivity contribution in [3.05, 3.63) is 93.1 Å². The van der Waals surface area contributed by atoms with Crippen molar-refractivity contribution in [2.24, 2.45) is 0 Å². The third-order valence-corrected chi connectivity index (χ3v) is 10.6. The van der Waals surface area contributed by atoms with Crippen LogP contribution in [0.2, 0.25) is 0 Å². The maximum atomic E-state index is 13.3. The molecule has 1 aliphatic rings. The molecule has 3 unspecified atom stereocenters. The summed E-state index contributed by atoms with van der Waals surface area (Å²) in [5, 5.41) is 33.8. The quantitative estimate of drug-likeness (QED) is 0.0426. The number of ether oxygens (including phenoxy) is 2. The number of phenolic OH excluding ortho intramolecular Hbond substituents is 1. The van der Waals surface area contributed by atoms with Crippen LogP contribution in [0, 0.1) is 5.21 Å². The van der Waals surface area contributed by atoms with Gasteiger partial charge in [-0.05, 0) is 67.1 Å². The fraction of sp³-hybridized carbons (Fsp3) is 0.323. The highest BCUT2D eigenvalue weighted by Gasteiger charge is 2.44. The van der Waals surface area contributed by atoms with Crippen molar-refractivity contribution in [2.45, 2.75) is 48.3 Å². The van der Waals surface area contributed by atoms with Gasteiger partial charge in [-0.25, -0.2) is 18.0 Å². The maximum Gasteiger partial charge on any atom is 0.359 e. The number of rotatable bonds is 15. The molecular weight excluding hydrogens is 718 g/mol. The summed E-state index contributed by atoms with van der Waals surface area (Å²) in [6.07, 6.45) is 1.61. The van der Waals surface area contributed by atoms with E-state index in [0.717, 1.165) is 0 Å². The Bertz CT molecular complexity index is 1710. The molecule has 3 aromatic rings. The van der Waals surface area contributed by atoms with E-state index in [0.29, 0.717) is 46.8 Å². The van der Waals surface area contributed by atoms with Crippen molar-refractivity contribution in [3.8, 4) is 11.5 Å². The fourth-order valence-electron chi connectivity index (χ4n) is 4.81. The number of hydrogen-bond donors (Lipinski definition) is 4. The Morgan fingerprint density at radius 3 is 2.51 bits per heavy atom. The average molecular weight is 753 g/mol. The molecule has 2 amide bonds. The van der Waals surface area contributed by atoms with E-state index in [2.05, 4.69) is 26.0 Å². The molecule has 0 aliphatic carbocycles. The minimum atomic E-state index is -4.05. The summed E-state index contributed by atoms with van der Waals surface area (Å²) in [7, 11) is -2.85. The van der Waals surface area contributed by atoms with Crippen LogP contribution in [0.15, 0.2) is 76.1 Å². The molecule has 3 atom stereocenters. The molecule has 4 N–H and O–H groups in total. The van der Waals surface area contributed by atoms with E-state index in [9.17, 15) is 38.3 Å². The molecule has 4 rings (SSSR count). The summed E-state index contributed by atoms with van der Waals surface area (Å²) in [6, 6.07) is 16.0. The van der Waals surface area contributed by atoms with Crippen LogP contribution >= 0.6 is 27.9 Å². The van der Waals surface area contributed by atoms with Gasteiger partial charge in [0.2, 0.25) is 15.9 Å². The first-order valence-corrected chi connectivity index (χ1v) is 17.6. The topological polar surface area (TPSA) is 191 Å². The zero-order valence-corrected chi connectivity index (χ0v) is 28.5. The number of nitrogens with zero attached hydrogens (tertiary/aromatic N) is 1. The molecule has 3 aromatic carbocycles. The van der Waals surface area contributed by atoms with Crippen molar-refractivity contribution < 1.29 is 46.8 Å².